The summed E-state index contributed by atoms with van der Waals surface area (Å²) >= 11 is 3.39. The van der Waals surface area contributed by atoms with Crippen molar-refractivity contribution in [2.24, 2.45) is 5.73 Å². The largest absolute Gasteiger partial charge is 0.352 e. The molecule has 28 heavy (non-hydrogen) atoms. The number of anilines is 2. The molecule has 0 bridgehead atoms. The van der Waals surface area contributed by atoms with E-state index in [1.807, 2.05) is 36.4 Å². The van der Waals surface area contributed by atoms with E-state index >= 15 is 0 Å². The molecule has 1 aliphatic rings. The first kappa shape index (κ1) is 19.9. The fourth-order valence-electron chi connectivity index (χ4n) is 3.35. The zero-order valence-corrected chi connectivity index (χ0v) is 17.0. The van der Waals surface area contributed by atoms with Gasteiger partial charge in [0.15, 0.2) is 0 Å². The zero-order valence-electron chi connectivity index (χ0n) is 15.4. The van der Waals surface area contributed by atoms with Gasteiger partial charge in [-0.3, -0.25) is 9.59 Å². The second kappa shape index (κ2) is 8.43. The third-order valence-corrected chi connectivity index (χ3v) is 5.09. The van der Waals surface area contributed by atoms with Gasteiger partial charge in [-0.25, -0.2) is 4.79 Å². The number of fused-ring (bicyclic) bond motifs is 1. The summed E-state index contributed by atoms with van der Waals surface area (Å²) in [5, 5.41) is 5.47. The van der Waals surface area contributed by atoms with Crippen molar-refractivity contribution in [3.63, 3.8) is 0 Å². The van der Waals surface area contributed by atoms with Gasteiger partial charge < -0.3 is 21.3 Å². The predicted octanol–water partition coefficient (Wildman–Crippen LogP) is 3.10. The molecule has 7 nitrogen and oxygen atoms in total. The molecule has 2 aromatic rings. The van der Waals surface area contributed by atoms with Crippen LogP contribution in [0.25, 0.3) is 0 Å². The number of benzene rings is 2. The number of nitrogens with one attached hydrogen (secondary N) is 2. The van der Waals surface area contributed by atoms with Crippen molar-refractivity contribution in [1.29, 1.82) is 0 Å². The van der Waals surface area contributed by atoms with Crippen LogP contribution in [0, 0.1) is 0 Å². The number of urea groups is 1. The molecule has 0 spiro atoms. The Labute approximate surface area is 171 Å². The molecule has 2 aromatic carbocycles. The number of halogens is 1. The van der Waals surface area contributed by atoms with E-state index in [1.165, 1.54) is 0 Å². The van der Waals surface area contributed by atoms with Gasteiger partial charge in [-0.1, -0.05) is 28.1 Å². The number of primary amides is 1. The zero-order chi connectivity index (χ0) is 20.3. The molecule has 8 heteroatoms. The van der Waals surface area contributed by atoms with E-state index in [2.05, 4.69) is 26.6 Å². The highest BCUT2D eigenvalue weighted by Crippen LogP contribution is 2.30. The fraction of sp³-hybridized carbons (Fsp3) is 0.250. The molecule has 0 aromatic heterocycles. The lowest BCUT2D eigenvalue weighted by atomic mass is 10.0. The SMILES string of the molecule is CC(=O)N1CCc2cc(NC(=O)CC(NC(N)=O)c3cccc(Br)c3)ccc21. The molecule has 0 fully saturated rings. The van der Waals surface area contributed by atoms with Gasteiger partial charge in [0.1, 0.15) is 0 Å². The Morgan fingerprint density at radius 1 is 1.21 bits per heavy atom. The molecule has 1 unspecified atom stereocenters. The minimum absolute atomic E-state index is 0.00456. The Kier molecular flexibility index (Phi) is 5.99. The maximum atomic E-state index is 12.6. The van der Waals surface area contributed by atoms with Gasteiger partial charge in [0.2, 0.25) is 11.8 Å². The minimum Gasteiger partial charge on any atom is -0.352 e. The summed E-state index contributed by atoms with van der Waals surface area (Å²) in [6, 6.07) is 11.6. The van der Waals surface area contributed by atoms with Crippen molar-refractivity contribution in [1.82, 2.24) is 5.32 Å². The minimum atomic E-state index is -0.695. The maximum Gasteiger partial charge on any atom is 0.312 e. The average molecular weight is 445 g/mol. The van der Waals surface area contributed by atoms with Gasteiger partial charge in [0.25, 0.3) is 0 Å². The molecule has 1 aliphatic heterocycles. The lowest BCUT2D eigenvalue weighted by molar-refractivity contribution is -0.117. The van der Waals surface area contributed by atoms with Crippen LogP contribution in [0.4, 0.5) is 16.2 Å². The number of rotatable bonds is 5. The first-order valence-corrected chi connectivity index (χ1v) is 9.65. The highest BCUT2D eigenvalue weighted by Gasteiger charge is 2.23. The smallest absolute Gasteiger partial charge is 0.312 e. The number of nitrogens with zero attached hydrogens (tertiary/aromatic N) is 1. The Morgan fingerprint density at radius 2 is 2.00 bits per heavy atom. The lowest BCUT2D eigenvalue weighted by Gasteiger charge is -2.18. The maximum absolute atomic E-state index is 12.6. The number of carbonyl (C=O) groups excluding carboxylic acids is 3. The Balaban J connectivity index is 1.71. The molecule has 4 amide bonds. The highest BCUT2D eigenvalue weighted by atomic mass is 79.9. The van der Waals surface area contributed by atoms with E-state index in [0.717, 1.165) is 27.7 Å². The molecule has 0 saturated heterocycles. The van der Waals surface area contributed by atoms with E-state index in [0.29, 0.717) is 12.2 Å². The summed E-state index contributed by atoms with van der Waals surface area (Å²) in [5.74, 6) is -0.245. The normalized spacial score (nSPS) is 13.6. The Morgan fingerprint density at radius 3 is 2.68 bits per heavy atom. The summed E-state index contributed by atoms with van der Waals surface area (Å²) in [6.45, 7) is 2.19. The van der Waals surface area contributed by atoms with Gasteiger partial charge in [-0.15, -0.1) is 0 Å². The van der Waals surface area contributed by atoms with Crippen molar-refractivity contribution in [3.8, 4) is 0 Å². The van der Waals surface area contributed by atoms with E-state index < -0.39 is 12.1 Å². The van der Waals surface area contributed by atoms with E-state index in [1.54, 1.807) is 17.9 Å². The second-order valence-corrected chi connectivity index (χ2v) is 7.55. The molecule has 146 valence electrons. The molecular formula is C20H21BrN4O3. The molecular weight excluding hydrogens is 424 g/mol. The summed E-state index contributed by atoms with van der Waals surface area (Å²) < 4.78 is 0.843. The van der Waals surface area contributed by atoms with Crippen LogP contribution >= 0.6 is 15.9 Å². The van der Waals surface area contributed by atoms with Gasteiger partial charge in [-0.05, 0) is 47.9 Å². The number of amides is 4. The quantitative estimate of drug-likeness (QED) is 0.659. The topological polar surface area (TPSA) is 105 Å². The van der Waals surface area contributed by atoms with E-state index in [-0.39, 0.29) is 18.2 Å². The Hall–Kier alpha value is -2.87. The molecule has 0 aliphatic carbocycles. The fourth-order valence-corrected chi connectivity index (χ4v) is 3.77. The number of hydrogen-bond donors (Lipinski definition) is 3. The summed E-state index contributed by atoms with van der Waals surface area (Å²) in [6.07, 6.45) is 0.790. The van der Waals surface area contributed by atoms with E-state index in [4.69, 9.17) is 5.73 Å². The number of carbonyl (C=O) groups is 3. The third-order valence-electron chi connectivity index (χ3n) is 4.60. The van der Waals surface area contributed by atoms with Crippen molar-refractivity contribution in [2.45, 2.75) is 25.8 Å². The number of hydrogen-bond acceptors (Lipinski definition) is 3. The van der Waals surface area contributed by atoms with Crippen LogP contribution in [0.5, 0.6) is 0 Å². The first-order valence-electron chi connectivity index (χ1n) is 8.86. The summed E-state index contributed by atoms with van der Waals surface area (Å²) in [7, 11) is 0. The van der Waals surface area contributed by atoms with Crippen LogP contribution in [0.15, 0.2) is 46.9 Å². The van der Waals surface area contributed by atoms with Crippen molar-refractivity contribution in [3.05, 3.63) is 58.1 Å². The highest BCUT2D eigenvalue weighted by molar-refractivity contribution is 9.10. The van der Waals surface area contributed by atoms with Crippen LogP contribution < -0.4 is 21.3 Å². The van der Waals surface area contributed by atoms with Gasteiger partial charge in [-0.2, -0.15) is 0 Å². The van der Waals surface area contributed by atoms with Crippen LogP contribution in [-0.4, -0.2) is 24.4 Å². The van der Waals surface area contributed by atoms with Crippen molar-refractivity contribution in [2.75, 3.05) is 16.8 Å². The molecule has 1 atom stereocenters. The second-order valence-electron chi connectivity index (χ2n) is 6.63. The van der Waals surface area contributed by atoms with Crippen LogP contribution in [0.3, 0.4) is 0 Å². The number of nitrogens with two attached hydrogens (primary N) is 1. The van der Waals surface area contributed by atoms with Gasteiger partial charge in [0, 0.05) is 29.3 Å². The van der Waals surface area contributed by atoms with E-state index in [9.17, 15) is 14.4 Å². The standard InChI is InChI=1S/C20H21BrN4O3/c1-12(26)25-8-7-14-10-16(5-6-18(14)25)23-19(27)11-17(24-20(22)28)13-3-2-4-15(21)9-13/h2-6,9-10,17H,7-8,11H2,1H3,(H,23,27)(H3,22,24,28). The molecule has 0 radical (unpaired) electrons. The first-order chi connectivity index (χ1) is 13.3. The molecule has 3 rings (SSSR count). The summed E-state index contributed by atoms with van der Waals surface area (Å²) in [4.78, 5) is 37.3. The lowest BCUT2D eigenvalue weighted by Crippen LogP contribution is -2.35. The van der Waals surface area contributed by atoms with Crippen LogP contribution in [0.1, 0.15) is 30.5 Å². The molecule has 0 saturated carbocycles. The van der Waals surface area contributed by atoms with Crippen LogP contribution in [-0.2, 0) is 16.0 Å². The van der Waals surface area contributed by atoms with Gasteiger partial charge in [0.05, 0.1) is 12.5 Å². The average Bonchev–Trinajstić information content (AvgIpc) is 3.04. The molecule has 1 heterocycles. The Bertz CT molecular complexity index is 931. The van der Waals surface area contributed by atoms with Crippen molar-refractivity contribution >= 4 is 45.2 Å². The van der Waals surface area contributed by atoms with Crippen molar-refractivity contribution < 1.29 is 14.4 Å². The van der Waals surface area contributed by atoms with Crippen LogP contribution in [0.2, 0.25) is 0 Å². The summed E-state index contributed by atoms with van der Waals surface area (Å²) in [5.41, 5.74) is 8.60. The predicted molar refractivity (Wildman–Crippen MR) is 111 cm³/mol. The van der Waals surface area contributed by atoms with Gasteiger partial charge >= 0.3 is 6.03 Å². The monoisotopic (exact) mass is 444 g/mol. The molecule has 4 N–H and O–H groups in total. The third kappa shape index (κ3) is 4.69.